The molecule has 0 aliphatic rings. The molecule has 9 heteroatoms. The Morgan fingerprint density at radius 1 is 1.12 bits per heavy atom. The zero-order valence-corrected chi connectivity index (χ0v) is 13.2. The summed E-state index contributed by atoms with van der Waals surface area (Å²) in [6, 6.07) is 6.25. The second-order valence-electron chi connectivity index (χ2n) is 4.85. The Balaban J connectivity index is 2.15. The highest BCUT2D eigenvalue weighted by Crippen LogP contribution is 2.30. The van der Waals surface area contributed by atoms with Gasteiger partial charge in [0.1, 0.15) is 5.75 Å². The molecule has 0 aliphatic carbocycles. The number of esters is 1. The van der Waals surface area contributed by atoms with Crippen molar-refractivity contribution in [1.82, 2.24) is 0 Å². The maximum atomic E-state index is 14.0. The summed E-state index contributed by atoms with van der Waals surface area (Å²) in [5.74, 6) is -3.04. The summed E-state index contributed by atoms with van der Waals surface area (Å²) in [7, 11) is 1.17. The monoisotopic (exact) mass is 353 g/mol. The smallest absolute Gasteiger partial charge is 0.346 e. The van der Waals surface area contributed by atoms with Crippen LogP contribution < -0.4 is 9.47 Å². The third kappa shape index (κ3) is 4.40. The first-order valence-corrected chi connectivity index (χ1v) is 6.97. The normalized spacial score (nSPS) is 11.5. The molecular formula is C16H13F2NO6. The van der Waals surface area contributed by atoms with Crippen LogP contribution in [-0.4, -0.2) is 24.1 Å². The molecule has 0 fully saturated rings. The second-order valence-corrected chi connectivity index (χ2v) is 4.85. The quantitative estimate of drug-likeness (QED) is 0.448. The van der Waals surface area contributed by atoms with Crippen LogP contribution in [0.25, 0.3) is 0 Å². The number of ether oxygens (including phenoxy) is 3. The molecule has 1 atom stereocenters. The maximum absolute atomic E-state index is 14.0. The van der Waals surface area contributed by atoms with Crippen LogP contribution >= 0.6 is 0 Å². The third-order valence-electron chi connectivity index (χ3n) is 3.09. The molecule has 0 saturated carbocycles. The predicted molar refractivity (Wildman–Crippen MR) is 81.6 cm³/mol. The van der Waals surface area contributed by atoms with Gasteiger partial charge in [-0.25, -0.2) is 13.6 Å². The van der Waals surface area contributed by atoms with Crippen LogP contribution in [0.4, 0.5) is 14.5 Å². The molecule has 0 heterocycles. The van der Waals surface area contributed by atoms with Crippen molar-refractivity contribution in [3.05, 3.63) is 58.1 Å². The van der Waals surface area contributed by atoms with Gasteiger partial charge >= 0.3 is 5.97 Å². The van der Waals surface area contributed by atoms with Crippen LogP contribution in [0.3, 0.4) is 0 Å². The molecule has 25 heavy (non-hydrogen) atoms. The number of nitro benzene ring substituents is 1. The topological polar surface area (TPSA) is 87.9 Å². The molecule has 0 spiro atoms. The molecule has 2 aromatic carbocycles. The van der Waals surface area contributed by atoms with Crippen molar-refractivity contribution in [2.24, 2.45) is 0 Å². The van der Waals surface area contributed by atoms with Gasteiger partial charge in [-0.1, -0.05) is 0 Å². The van der Waals surface area contributed by atoms with Crippen LogP contribution in [0.15, 0.2) is 36.4 Å². The standard InChI is InChI=1S/C16H13F2NO6/c1-9(16(20)23-2)24-14-6-4-11(8-13(14)18)25-15-5-3-10(19(21)22)7-12(15)17/h3-9H,1-2H3. The molecule has 0 saturated heterocycles. The van der Waals surface area contributed by atoms with Gasteiger partial charge in [-0.05, 0) is 25.1 Å². The van der Waals surface area contributed by atoms with Crippen LogP contribution in [0, 0.1) is 21.7 Å². The van der Waals surface area contributed by atoms with Crippen molar-refractivity contribution in [1.29, 1.82) is 0 Å². The van der Waals surface area contributed by atoms with Gasteiger partial charge < -0.3 is 14.2 Å². The Labute approximate surface area is 140 Å². The summed E-state index contributed by atoms with van der Waals surface area (Å²) < 4.78 is 42.5. The van der Waals surface area contributed by atoms with Crippen molar-refractivity contribution in [2.45, 2.75) is 13.0 Å². The Hall–Kier alpha value is -3.23. The summed E-state index contributed by atoms with van der Waals surface area (Å²) in [5, 5.41) is 10.6. The number of benzene rings is 2. The molecule has 0 radical (unpaired) electrons. The van der Waals surface area contributed by atoms with E-state index in [0.29, 0.717) is 6.07 Å². The molecule has 0 amide bonds. The third-order valence-corrected chi connectivity index (χ3v) is 3.09. The molecule has 2 aromatic rings. The van der Waals surface area contributed by atoms with E-state index in [9.17, 15) is 23.7 Å². The van der Waals surface area contributed by atoms with Gasteiger partial charge in [0.25, 0.3) is 5.69 Å². The Kier molecular flexibility index (Phi) is 5.48. The largest absolute Gasteiger partial charge is 0.476 e. The van der Waals surface area contributed by atoms with Crippen LogP contribution in [0.5, 0.6) is 17.2 Å². The fraction of sp³-hybridized carbons (Fsp3) is 0.188. The summed E-state index contributed by atoms with van der Waals surface area (Å²) in [4.78, 5) is 21.1. The van der Waals surface area contributed by atoms with Gasteiger partial charge in [-0.3, -0.25) is 10.1 Å². The number of nitrogens with zero attached hydrogens (tertiary/aromatic N) is 1. The van der Waals surface area contributed by atoms with E-state index >= 15 is 0 Å². The average molecular weight is 353 g/mol. The van der Waals surface area contributed by atoms with Crippen LogP contribution in [0.1, 0.15) is 6.92 Å². The summed E-state index contributed by atoms with van der Waals surface area (Å²) in [6.45, 7) is 1.39. The Morgan fingerprint density at radius 2 is 1.76 bits per heavy atom. The number of carbonyl (C=O) groups is 1. The number of halogens is 2. The lowest BCUT2D eigenvalue weighted by Gasteiger charge is -2.14. The molecule has 132 valence electrons. The lowest BCUT2D eigenvalue weighted by molar-refractivity contribution is -0.385. The molecule has 1 unspecified atom stereocenters. The Bertz CT molecular complexity index is 811. The van der Waals surface area contributed by atoms with E-state index < -0.39 is 34.3 Å². The van der Waals surface area contributed by atoms with E-state index in [2.05, 4.69) is 4.74 Å². The fourth-order valence-electron chi connectivity index (χ4n) is 1.86. The summed E-state index contributed by atoms with van der Waals surface area (Å²) in [6.07, 6.45) is -1.02. The van der Waals surface area contributed by atoms with Crippen molar-refractivity contribution in [3.63, 3.8) is 0 Å². The minimum Gasteiger partial charge on any atom is -0.476 e. The highest BCUT2D eigenvalue weighted by Gasteiger charge is 2.18. The summed E-state index contributed by atoms with van der Waals surface area (Å²) >= 11 is 0. The van der Waals surface area contributed by atoms with E-state index in [0.717, 1.165) is 18.2 Å². The highest BCUT2D eigenvalue weighted by molar-refractivity contribution is 5.74. The van der Waals surface area contributed by atoms with Gasteiger partial charge in [0.15, 0.2) is 29.2 Å². The minimum absolute atomic E-state index is 0.0525. The molecule has 0 aromatic heterocycles. The van der Waals surface area contributed by atoms with Gasteiger partial charge in [0, 0.05) is 12.1 Å². The van der Waals surface area contributed by atoms with Crippen molar-refractivity contribution in [3.8, 4) is 17.2 Å². The van der Waals surface area contributed by atoms with E-state index in [1.54, 1.807) is 0 Å². The molecule has 0 N–H and O–H groups in total. The zero-order chi connectivity index (χ0) is 18.6. The number of hydrogen-bond donors (Lipinski definition) is 0. The van der Waals surface area contributed by atoms with E-state index in [4.69, 9.17) is 9.47 Å². The number of carbonyl (C=O) groups excluding carboxylic acids is 1. The number of nitro groups is 1. The molecular weight excluding hydrogens is 340 g/mol. The molecule has 0 aliphatic heterocycles. The lowest BCUT2D eigenvalue weighted by atomic mass is 10.2. The number of rotatable bonds is 6. The van der Waals surface area contributed by atoms with E-state index in [-0.39, 0.29) is 17.2 Å². The molecule has 0 bridgehead atoms. The summed E-state index contributed by atoms with van der Waals surface area (Å²) in [5.41, 5.74) is -0.434. The SMILES string of the molecule is COC(=O)C(C)Oc1ccc(Oc2ccc([N+](=O)[O-])cc2F)cc1F. The highest BCUT2D eigenvalue weighted by atomic mass is 19.1. The van der Waals surface area contributed by atoms with E-state index in [1.807, 2.05) is 0 Å². The van der Waals surface area contributed by atoms with Crippen molar-refractivity contribution in [2.75, 3.05) is 7.11 Å². The molecule has 7 nitrogen and oxygen atoms in total. The number of non-ortho nitro benzene ring substituents is 1. The maximum Gasteiger partial charge on any atom is 0.346 e. The fourth-order valence-corrected chi connectivity index (χ4v) is 1.86. The second kappa shape index (κ2) is 7.56. The lowest BCUT2D eigenvalue weighted by Crippen LogP contribution is -2.25. The average Bonchev–Trinajstić information content (AvgIpc) is 2.58. The molecule has 2 rings (SSSR count). The van der Waals surface area contributed by atoms with Crippen molar-refractivity contribution < 1.29 is 32.7 Å². The number of methoxy groups -OCH3 is 1. The Morgan fingerprint density at radius 3 is 2.32 bits per heavy atom. The first-order chi connectivity index (χ1) is 11.8. The minimum atomic E-state index is -1.02. The van der Waals surface area contributed by atoms with Crippen molar-refractivity contribution >= 4 is 11.7 Å². The van der Waals surface area contributed by atoms with Crippen LogP contribution in [0.2, 0.25) is 0 Å². The zero-order valence-electron chi connectivity index (χ0n) is 13.2. The van der Waals surface area contributed by atoms with Crippen LogP contribution in [-0.2, 0) is 9.53 Å². The van der Waals surface area contributed by atoms with Gasteiger partial charge in [0.2, 0.25) is 0 Å². The first kappa shape index (κ1) is 18.1. The number of hydrogen-bond acceptors (Lipinski definition) is 6. The van der Waals surface area contributed by atoms with Gasteiger partial charge in [-0.2, -0.15) is 0 Å². The first-order valence-electron chi connectivity index (χ1n) is 6.97. The van der Waals surface area contributed by atoms with E-state index in [1.165, 1.54) is 26.2 Å². The van der Waals surface area contributed by atoms with Gasteiger partial charge in [-0.15, -0.1) is 0 Å². The van der Waals surface area contributed by atoms with Gasteiger partial charge in [0.05, 0.1) is 18.1 Å². The predicted octanol–water partition coefficient (Wildman–Crippen LogP) is 3.61.